The Morgan fingerprint density at radius 1 is 1.28 bits per heavy atom. The molecule has 2 N–H and O–H groups in total. The number of hydrogen-bond donors (Lipinski definition) is 1. The maximum Gasteiger partial charge on any atom is 0.0645 e. The van der Waals surface area contributed by atoms with Crippen molar-refractivity contribution in [1.29, 1.82) is 0 Å². The molecule has 0 aromatic heterocycles. The molecule has 0 radical (unpaired) electrons. The Morgan fingerprint density at radius 3 is 2.56 bits per heavy atom. The van der Waals surface area contributed by atoms with E-state index in [-0.39, 0.29) is 16.5 Å². The molecule has 3 nitrogen and oxygen atoms in total. The highest BCUT2D eigenvalue weighted by Gasteiger charge is 2.54. The first kappa shape index (κ1) is 14.6. The van der Waals surface area contributed by atoms with Crippen molar-refractivity contribution < 1.29 is 4.74 Å². The monoisotopic (exact) mass is 272 g/mol. The van der Waals surface area contributed by atoms with Gasteiger partial charge in [-0.2, -0.15) is 11.8 Å². The number of nitrogens with zero attached hydrogens (tertiary/aromatic N) is 1. The maximum absolute atomic E-state index is 6.27. The molecule has 0 amide bonds. The molecule has 2 aliphatic rings. The topological polar surface area (TPSA) is 38.5 Å². The molecule has 1 unspecified atom stereocenters. The lowest BCUT2D eigenvalue weighted by Gasteiger charge is -2.61. The fraction of sp³-hybridized carbons (Fsp3) is 1.00. The number of rotatable bonds is 2. The summed E-state index contributed by atoms with van der Waals surface area (Å²) >= 11 is 2.06. The van der Waals surface area contributed by atoms with Crippen LogP contribution in [0.15, 0.2) is 0 Å². The molecule has 0 aliphatic carbocycles. The zero-order valence-corrected chi connectivity index (χ0v) is 13.1. The highest BCUT2D eigenvalue weighted by molar-refractivity contribution is 7.99. The van der Waals surface area contributed by atoms with Crippen molar-refractivity contribution in [1.82, 2.24) is 4.90 Å². The molecule has 2 saturated heterocycles. The van der Waals surface area contributed by atoms with Crippen molar-refractivity contribution in [3.05, 3.63) is 0 Å². The minimum Gasteiger partial charge on any atom is -0.378 e. The molecule has 2 rings (SSSR count). The highest BCUT2D eigenvalue weighted by atomic mass is 32.2. The third kappa shape index (κ3) is 2.21. The minimum atomic E-state index is 0.0901. The first-order valence-corrected chi connectivity index (χ1v) is 8.15. The molecule has 0 aromatic carbocycles. The molecule has 0 saturated carbocycles. The number of thioether (sulfide) groups is 1. The summed E-state index contributed by atoms with van der Waals surface area (Å²) in [5.41, 5.74) is 6.75. The van der Waals surface area contributed by atoms with Crippen LogP contribution in [-0.2, 0) is 4.74 Å². The fourth-order valence-corrected chi connectivity index (χ4v) is 5.34. The molecule has 0 spiro atoms. The number of nitrogens with two attached hydrogens (primary N) is 1. The summed E-state index contributed by atoms with van der Waals surface area (Å²) < 4.78 is 5.67. The summed E-state index contributed by atoms with van der Waals surface area (Å²) in [4.78, 5) is 2.65. The summed E-state index contributed by atoms with van der Waals surface area (Å²) in [5.74, 6) is 2.42. The predicted molar refractivity (Wildman–Crippen MR) is 79.1 cm³/mol. The lowest BCUT2D eigenvalue weighted by Crippen LogP contribution is -2.73. The van der Waals surface area contributed by atoms with E-state index in [4.69, 9.17) is 10.5 Å². The van der Waals surface area contributed by atoms with E-state index in [0.29, 0.717) is 0 Å². The van der Waals surface area contributed by atoms with Crippen LogP contribution in [0.25, 0.3) is 0 Å². The van der Waals surface area contributed by atoms with E-state index in [0.717, 1.165) is 32.1 Å². The smallest absolute Gasteiger partial charge is 0.0645 e. The van der Waals surface area contributed by atoms with Gasteiger partial charge in [0.25, 0.3) is 0 Å². The molecule has 106 valence electrons. The third-order valence-electron chi connectivity index (χ3n) is 4.97. The van der Waals surface area contributed by atoms with Gasteiger partial charge in [-0.15, -0.1) is 0 Å². The first-order chi connectivity index (χ1) is 8.36. The lowest BCUT2D eigenvalue weighted by molar-refractivity contribution is -0.132. The second-order valence-electron chi connectivity index (χ2n) is 6.94. The molecule has 0 bridgehead atoms. The Morgan fingerprint density at radius 2 is 2.00 bits per heavy atom. The van der Waals surface area contributed by atoms with Crippen molar-refractivity contribution >= 4 is 11.8 Å². The van der Waals surface area contributed by atoms with Gasteiger partial charge in [0.1, 0.15) is 0 Å². The summed E-state index contributed by atoms with van der Waals surface area (Å²) in [6.07, 6.45) is 1.25. The van der Waals surface area contributed by atoms with Crippen LogP contribution < -0.4 is 5.73 Å². The largest absolute Gasteiger partial charge is 0.378 e. The quantitative estimate of drug-likeness (QED) is 0.834. The van der Waals surface area contributed by atoms with E-state index in [1.165, 1.54) is 12.2 Å². The maximum atomic E-state index is 6.27. The Hall–Kier alpha value is 0.230. The molecule has 2 aliphatic heterocycles. The van der Waals surface area contributed by atoms with E-state index in [1.807, 2.05) is 0 Å². The summed E-state index contributed by atoms with van der Waals surface area (Å²) in [5, 5.41) is 0. The molecular formula is C14H28N2OS. The zero-order chi connectivity index (χ0) is 13.4. The van der Waals surface area contributed by atoms with Crippen LogP contribution in [0.3, 0.4) is 0 Å². The molecule has 0 aromatic rings. The number of ether oxygens (including phenoxy) is 1. The van der Waals surface area contributed by atoms with Crippen molar-refractivity contribution in [2.24, 2.45) is 11.1 Å². The summed E-state index contributed by atoms with van der Waals surface area (Å²) in [6, 6.07) is 0. The van der Waals surface area contributed by atoms with Crippen LogP contribution >= 0.6 is 11.8 Å². The van der Waals surface area contributed by atoms with Crippen LogP contribution in [0.5, 0.6) is 0 Å². The van der Waals surface area contributed by atoms with Gasteiger partial charge in [-0.25, -0.2) is 0 Å². The van der Waals surface area contributed by atoms with E-state index in [1.54, 1.807) is 0 Å². The fourth-order valence-electron chi connectivity index (χ4n) is 3.54. The van der Waals surface area contributed by atoms with E-state index in [9.17, 15) is 0 Å². The Kier molecular flexibility index (Phi) is 4.04. The van der Waals surface area contributed by atoms with E-state index < -0.39 is 0 Å². The predicted octanol–water partition coefficient (Wildman–Crippen LogP) is 1.96. The first-order valence-electron chi connectivity index (χ1n) is 6.99. The van der Waals surface area contributed by atoms with Crippen molar-refractivity contribution in [2.45, 2.75) is 45.2 Å². The van der Waals surface area contributed by atoms with Crippen molar-refractivity contribution in [3.8, 4) is 0 Å². The summed E-state index contributed by atoms with van der Waals surface area (Å²) in [6.45, 7) is 12.8. The Balaban J connectivity index is 2.35. The van der Waals surface area contributed by atoms with Gasteiger partial charge in [0, 0.05) is 29.9 Å². The average molecular weight is 272 g/mol. The molecule has 2 fully saturated rings. The standard InChI is InChI=1S/C14H28N2OS/c1-12(2)5-8-18-11-14(12,9-15)16-6-7-17-10-13(16,3)4/h5-11,15H2,1-4H3. The van der Waals surface area contributed by atoms with Crippen LogP contribution in [0.1, 0.15) is 34.1 Å². The normalized spacial score (nSPS) is 36.5. The molecule has 1 atom stereocenters. The molecular weight excluding hydrogens is 244 g/mol. The van der Waals surface area contributed by atoms with Crippen LogP contribution in [0.2, 0.25) is 0 Å². The second-order valence-corrected chi connectivity index (χ2v) is 8.04. The van der Waals surface area contributed by atoms with Gasteiger partial charge in [-0.1, -0.05) is 13.8 Å². The zero-order valence-electron chi connectivity index (χ0n) is 12.3. The third-order valence-corrected chi connectivity index (χ3v) is 6.15. The number of morpholine rings is 1. The number of hydrogen-bond acceptors (Lipinski definition) is 4. The van der Waals surface area contributed by atoms with Gasteiger partial charge in [-0.05, 0) is 31.4 Å². The second kappa shape index (κ2) is 4.97. The molecule has 2 heterocycles. The Labute approximate surface area is 116 Å². The van der Waals surface area contributed by atoms with Gasteiger partial charge in [0.2, 0.25) is 0 Å². The van der Waals surface area contributed by atoms with Crippen molar-refractivity contribution in [2.75, 3.05) is 37.8 Å². The van der Waals surface area contributed by atoms with E-state index >= 15 is 0 Å². The van der Waals surface area contributed by atoms with Crippen LogP contribution in [0, 0.1) is 5.41 Å². The van der Waals surface area contributed by atoms with Gasteiger partial charge in [-0.3, -0.25) is 4.90 Å². The van der Waals surface area contributed by atoms with Gasteiger partial charge in [0.05, 0.1) is 13.2 Å². The van der Waals surface area contributed by atoms with Gasteiger partial charge < -0.3 is 10.5 Å². The van der Waals surface area contributed by atoms with Gasteiger partial charge in [0.15, 0.2) is 0 Å². The van der Waals surface area contributed by atoms with Crippen LogP contribution in [0.4, 0.5) is 0 Å². The van der Waals surface area contributed by atoms with Crippen LogP contribution in [-0.4, -0.2) is 53.8 Å². The summed E-state index contributed by atoms with van der Waals surface area (Å²) in [7, 11) is 0. The minimum absolute atomic E-state index is 0.0901. The highest BCUT2D eigenvalue weighted by Crippen LogP contribution is 2.48. The van der Waals surface area contributed by atoms with Gasteiger partial charge >= 0.3 is 0 Å². The average Bonchev–Trinajstić information content (AvgIpc) is 2.29. The molecule has 18 heavy (non-hydrogen) atoms. The Bertz CT molecular complexity index is 306. The van der Waals surface area contributed by atoms with E-state index in [2.05, 4.69) is 44.4 Å². The molecule has 4 heteroatoms. The lowest BCUT2D eigenvalue weighted by atomic mass is 9.68. The SMILES string of the molecule is CC1(C)COCCN1C1(CN)CSCCC1(C)C. The van der Waals surface area contributed by atoms with Crippen molar-refractivity contribution in [3.63, 3.8) is 0 Å².